The van der Waals surface area contributed by atoms with Crippen molar-refractivity contribution < 1.29 is 9.31 Å². The molecule has 0 aliphatic heterocycles. The van der Waals surface area contributed by atoms with Gasteiger partial charge in [-0.2, -0.15) is 9.65 Å². The lowest BCUT2D eigenvalue weighted by atomic mass is 10.1. The number of nitriles is 1. The van der Waals surface area contributed by atoms with Gasteiger partial charge in [-0.3, -0.25) is 10.1 Å². The zero-order valence-corrected chi connectivity index (χ0v) is 16.2. The topological polar surface area (TPSA) is 91.8 Å². The van der Waals surface area contributed by atoms with Crippen molar-refractivity contribution in [3.05, 3.63) is 93.2 Å². The largest absolute Gasteiger partial charge is 0.360 e. The lowest BCUT2D eigenvalue weighted by Crippen LogP contribution is -1.96. The zero-order valence-electron chi connectivity index (χ0n) is 15.4. The smallest absolute Gasteiger partial charge is 0.306 e. The Kier molecular flexibility index (Phi) is 5.20. The van der Waals surface area contributed by atoms with Gasteiger partial charge in [0, 0.05) is 28.9 Å². The van der Waals surface area contributed by atoms with Gasteiger partial charge in [-0.15, -0.1) is 11.3 Å². The molecule has 0 radical (unpaired) electrons. The lowest BCUT2D eigenvalue weighted by molar-refractivity contribution is -0.387. The number of nitro benzene ring substituents is 1. The summed E-state index contributed by atoms with van der Waals surface area (Å²) in [6.07, 6.45) is 1.40. The minimum absolute atomic E-state index is 0.263. The molecule has 0 amide bonds. The molecule has 0 saturated carbocycles. The number of halogens is 1. The molecule has 0 fully saturated rings. The molecule has 4 rings (SSSR count). The first-order valence-electron chi connectivity index (χ1n) is 8.81. The van der Waals surface area contributed by atoms with Gasteiger partial charge in [0.25, 0.3) is 0 Å². The van der Waals surface area contributed by atoms with Crippen molar-refractivity contribution >= 4 is 39.1 Å². The Bertz CT molecular complexity index is 1340. The molecular weight excluding hydrogens is 403 g/mol. The number of nitro groups is 1. The summed E-state index contributed by atoms with van der Waals surface area (Å²) in [5.74, 6) is -0.921. The third kappa shape index (κ3) is 3.87. The predicted octanol–water partition coefficient (Wildman–Crippen LogP) is 5.99. The van der Waals surface area contributed by atoms with E-state index < -0.39 is 16.4 Å². The fraction of sp³-hybridized carbons (Fsp3) is 0. The van der Waals surface area contributed by atoms with E-state index in [1.807, 2.05) is 47.8 Å². The number of thiazole rings is 1. The predicted molar refractivity (Wildman–Crippen MR) is 115 cm³/mol. The van der Waals surface area contributed by atoms with Crippen LogP contribution >= 0.6 is 11.3 Å². The van der Waals surface area contributed by atoms with Gasteiger partial charge in [0.15, 0.2) is 0 Å². The van der Waals surface area contributed by atoms with Crippen LogP contribution in [-0.2, 0) is 0 Å². The average Bonchev–Trinajstić information content (AvgIpc) is 3.25. The van der Waals surface area contributed by atoms with Gasteiger partial charge in [0.2, 0.25) is 5.82 Å². The van der Waals surface area contributed by atoms with Gasteiger partial charge < -0.3 is 5.32 Å². The second-order valence-corrected chi connectivity index (χ2v) is 7.20. The summed E-state index contributed by atoms with van der Waals surface area (Å²) in [6.45, 7) is 0. The molecule has 0 spiro atoms. The Morgan fingerprint density at radius 1 is 1.17 bits per heavy atom. The van der Waals surface area contributed by atoms with Crippen molar-refractivity contribution in [3.63, 3.8) is 0 Å². The van der Waals surface area contributed by atoms with E-state index in [0.29, 0.717) is 10.7 Å². The molecular formula is C22H13FN4O2S. The molecule has 3 aromatic carbocycles. The second kappa shape index (κ2) is 8.11. The van der Waals surface area contributed by atoms with E-state index in [1.165, 1.54) is 23.6 Å². The summed E-state index contributed by atoms with van der Waals surface area (Å²) in [4.78, 5) is 14.6. The molecule has 1 N–H and O–H groups in total. The van der Waals surface area contributed by atoms with Gasteiger partial charge >= 0.3 is 5.69 Å². The Balaban J connectivity index is 1.60. The molecule has 0 saturated heterocycles. The van der Waals surface area contributed by atoms with E-state index in [2.05, 4.69) is 16.4 Å². The van der Waals surface area contributed by atoms with Gasteiger partial charge in [-0.05, 0) is 29.0 Å². The summed E-state index contributed by atoms with van der Waals surface area (Å²) in [7, 11) is 0. The highest BCUT2D eigenvalue weighted by molar-refractivity contribution is 7.11. The Hall–Kier alpha value is -4.09. The Morgan fingerprint density at radius 3 is 2.73 bits per heavy atom. The summed E-state index contributed by atoms with van der Waals surface area (Å²) < 4.78 is 13.5. The number of aromatic nitrogens is 1. The molecule has 30 heavy (non-hydrogen) atoms. The number of hydrogen-bond acceptors (Lipinski definition) is 6. The average molecular weight is 416 g/mol. The Labute approximate surface area is 174 Å². The van der Waals surface area contributed by atoms with E-state index in [4.69, 9.17) is 0 Å². The van der Waals surface area contributed by atoms with E-state index in [1.54, 1.807) is 0 Å². The first-order chi connectivity index (χ1) is 14.5. The van der Waals surface area contributed by atoms with Crippen LogP contribution in [0.2, 0.25) is 0 Å². The standard InChI is InChI=1S/C22H13FN4O2S/c23-19-8-7-18(10-21(19)27(28)29)25-12-17(11-24)22-26-20(13-30-22)16-6-5-14-3-1-2-4-15(14)9-16/h1-10,12-13,25H/b17-12+. The number of nitrogens with one attached hydrogen (secondary N) is 1. The summed E-state index contributed by atoms with van der Waals surface area (Å²) >= 11 is 1.32. The lowest BCUT2D eigenvalue weighted by Gasteiger charge is -2.02. The van der Waals surface area contributed by atoms with Crippen molar-refractivity contribution in [2.45, 2.75) is 0 Å². The number of allylic oxidation sites excluding steroid dienone is 1. The minimum atomic E-state index is -0.921. The number of fused-ring (bicyclic) bond motifs is 1. The van der Waals surface area contributed by atoms with E-state index in [-0.39, 0.29) is 5.57 Å². The number of anilines is 1. The number of nitrogens with zero attached hydrogens (tertiary/aromatic N) is 3. The third-order valence-corrected chi connectivity index (χ3v) is 5.30. The maximum atomic E-state index is 13.5. The van der Waals surface area contributed by atoms with Crippen LogP contribution in [0.3, 0.4) is 0 Å². The van der Waals surface area contributed by atoms with E-state index in [9.17, 15) is 19.8 Å². The molecule has 0 atom stereocenters. The molecule has 1 aromatic heterocycles. The van der Waals surface area contributed by atoms with Crippen molar-refractivity contribution in [2.24, 2.45) is 0 Å². The summed E-state index contributed by atoms with van der Waals surface area (Å²) in [6, 6.07) is 19.6. The van der Waals surface area contributed by atoms with Crippen LogP contribution in [0.5, 0.6) is 0 Å². The van der Waals surface area contributed by atoms with Crippen LogP contribution in [0.4, 0.5) is 15.8 Å². The molecule has 0 aliphatic rings. The van der Waals surface area contributed by atoms with Crippen LogP contribution < -0.4 is 5.32 Å². The van der Waals surface area contributed by atoms with E-state index >= 15 is 0 Å². The molecule has 146 valence electrons. The number of benzene rings is 3. The normalized spacial score (nSPS) is 11.3. The highest BCUT2D eigenvalue weighted by Gasteiger charge is 2.14. The molecule has 0 aliphatic carbocycles. The molecule has 0 bridgehead atoms. The SMILES string of the molecule is N#C/C(=C\Nc1ccc(F)c([N+](=O)[O-])c1)c1nc(-c2ccc3ccccc3c2)cs1. The van der Waals surface area contributed by atoms with Gasteiger partial charge in [-0.1, -0.05) is 36.4 Å². The quantitative estimate of drug-likeness (QED) is 0.245. The van der Waals surface area contributed by atoms with Gasteiger partial charge in [-0.25, -0.2) is 4.98 Å². The maximum absolute atomic E-state index is 13.5. The van der Waals surface area contributed by atoms with Crippen LogP contribution in [-0.4, -0.2) is 9.91 Å². The van der Waals surface area contributed by atoms with Crippen molar-refractivity contribution in [2.75, 3.05) is 5.32 Å². The molecule has 6 nitrogen and oxygen atoms in total. The van der Waals surface area contributed by atoms with Crippen LogP contribution in [0, 0.1) is 27.3 Å². The highest BCUT2D eigenvalue weighted by atomic mass is 32.1. The number of hydrogen-bond donors (Lipinski definition) is 1. The summed E-state index contributed by atoms with van der Waals surface area (Å²) in [5, 5.41) is 27.8. The highest BCUT2D eigenvalue weighted by Crippen LogP contribution is 2.29. The van der Waals surface area contributed by atoms with Crippen LogP contribution in [0.15, 0.2) is 72.2 Å². The molecule has 0 unspecified atom stereocenters. The summed E-state index contributed by atoms with van der Waals surface area (Å²) in [5.41, 5.74) is 1.61. The fourth-order valence-corrected chi connectivity index (χ4v) is 3.71. The zero-order chi connectivity index (χ0) is 21.1. The first-order valence-corrected chi connectivity index (χ1v) is 9.69. The molecule has 1 heterocycles. The van der Waals surface area contributed by atoms with Gasteiger partial charge in [0.1, 0.15) is 16.6 Å². The number of rotatable bonds is 5. The van der Waals surface area contributed by atoms with Crippen LogP contribution in [0.1, 0.15) is 5.01 Å². The van der Waals surface area contributed by atoms with Crippen LogP contribution in [0.25, 0.3) is 27.6 Å². The van der Waals surface area contributed by atoms with Crippen molar-refractivity contribution in [1.29, 1.82) is 5.26 Å². The maximum Gasteiger partial charge on any atom is 0.306 e. The molecule has 8 heteroatoms. The molecule has 4 aromatic rings. The van der Waals surface area contributed by atoms with Crippen molar-refractivity contribution in [3.8, 4) is 17.3 Å². The van der Waals surface area contributed by atoms with Crippen molar-refractivity contribution in [1.82, 2.24) is 4.98 Å². The Morgan fingerprint density at radius 2 is 1.97 bits per heavy atom. The monoisotopic (exact) mass is 416 g/mol. The minimum Gasteiger partial charge on any atom is -0.360 e. The van der Waals surface area contributed by atoms with Gasteiger partial charge in [0.05, 0.1) is 10.6 Å². The second-order valence-electron chi connectivity index (χ2n) is 6.34. The fourth-order valence-electron chi connectivity index (χ4n) is 2.92. The first kappa shape index (κ1) is 19.2. The third-order valence-electron chi connectivity index (χ3n) is 4.43. The van der Waals surface area contributed by atoms with E-state index in [0.717, 1.165) is 34.2 Å².